The lowest BCUT2D eigenvalue weighted by Gasteiger charge is -2.30. The van der Waals surface area contributed by atoms with Crippen LogP contribution >= 0.6 is 0 Å². The highest BCUT2D eigenvalue weighted by molar-refractivity contribution is 5.89. The van der Waals surface area contributed by atoms with Gasteiger partial charge in [0, 0.05) is 25.7 Å². The zero-order valence-corrected chi connectivity index (χ0v) is 14.5. The molecule has 1 aromatic carbocycles. The average molecular weight is 318 g/mol. The normalized spacial score (nSPS) is 16.7. The van der Waals surface area contributed by atoms with Crippen LogP contribution in [0.5, 0.6) is 0 Å². The molecule has 23 heavy (non-hydrogen) atoms. The van der Waals surface area contributed by atoms with E-state index in [0.29, 0.717) is 18.2 Å². The van der Waals surface area contributed by atoms with E-state index in [2.05, 4.69) is 23.6 Å². The second-order valence-corrected chi connectivity index (χ2v) is 6.78. The minimum atomic E-state index is -0.836. The molecule has 1 fully saturated rings. The Bertz CT molecular complexity index is 494. The van der Waals surface area contributed by atoms with Gasteiger partial charge in [-0.05, 0) is 51.4 Å². The maximum absolute atomic E-state index is 11.4. The van der Waals surface area contributed by atoms with Crippen LogP contribution in [-0.2, 0) is 6.54 Å². The maximum Gasteiger partial charge on any atom is 0.336 e. The fourth-order valence-corrected chi connectivity index (χ4v) is 3.24. The van der Waals surface area contributed by atoms with Crippen molar-refractivity contribution < 1.29 is 9.90 Å². The molecule has 1 aliphatic heterocycles. The Morgan fingerprint density at radius 3 is 2.43 bits per heavy atom. The Balaban J connectivity index is 1.97. The first kappa shape index (κ1) is 18.0. The van der Waals surface area contributed by atoms with Crippen molar-refractivity contribution in [1.29, 1.82) is 0 Å². The van der Waals surface area contributed by atoms with Crippen molar-refractivity contribution in [3.8, 4) is 0 Å². The van der Waals surface area contributed by atoms with Crippen LogP contribution < -0.4 is 0 Å². The van der Waals surface area contributed by atoms with Gasteiger partial charge in [0.25, 0.3) is 0 Å². The van der Waals surface area contributed by atoms with E-state index < -0.39 is 5.97 Å². The number of carbonyl (C=O) groups is 1. The van der Waals surface area contributed by atoms with Crippen molar-refractivity contribution in [2.24, 2.45) is 0 Å². The molecule has 0 aromatic heterocycles. The van der Waals surface area contributed by atoms with E-state index in [4.69, 9.17) is 0 Å². The van der Waals surface area contributed by atoms with E-state index in [-0.39, 0.29) is 0 Å². The Kier molecular flexibility index (Phi) is 7.06. The van der Waals surface area contributed by atoms with Gasteiger partial charge in [-0.1, -0.05) is 31.0 Å². The van der Waals surface area contributed by atoms with Crippen molar-refractivity contribution in [3.05, 3.63) is 35.4 Å². The summed E-state index contributed by atoms with van der Waals surface area (Å²) in [7, 11) is 0. The van der Waals surface area contributed by atoms with E-state index >= 15 is 0 Å². The van der Waals surface area contributed by atoms with E-state index in [9.17, 15) is 9.90 Å². The van der Waals surface area contributed by atoms with Crippen molar-refractivity contribution in [3.63, 3.8) is 0 Å². The molecule has 0 unspecified atom stereocenters. The van der Waals surface area contributed by atoms with Gasteiger partial charge < -0.3 is 10.0 Å². The van der Waals surface area contributed by atoms with Crippen molar-refractivity contribution in [2.75, 3.05) is 26.2 Å². The number of benzene rings is 1. The van der Waals surface area contributed by atoms with Crippen molar-refractivity contribution >= 4 is 5.97 Å². The second kappa shape index (κ2) is 9.04. The van der Waals surface area contributed by atoms with Gasteiger partial charge in [-0.2, -0.15) is 0 Å². The van der Waals surface area contributed by atoms with Gasteiger partial charge in [-0.25, -0.2) is 4.79 Å². The first-order chi connectivity index (χ1) is 11.1. The monoisotopic (exact) mass is 318 g/mol. The molecule has 0 spiro atoms. The third-order valence-electron chi connectivity index (χ3n) is 4.75. The van der Waals surface area contributed by atoms with Gasteiger partial charge in [0.15, 0.2) is 0 Å². The molecule has 128 valence electrons. The molecule has 0 aliphatic carbocycles. The number of nitrogens with zero attached hydrogens (tertiary/aromatic N) is 2. The summed E-state index contributed by atoms with van der Waals surface area (Å²) >= 11 is 0. The van der Waals surface area contributed by atoms with E-state index in [1.54, 1.807) is 12.1 Å². The largest absolute Gasteiger partial charge is 0.478 e. The predicted molar refractivity (Wildman–Crippen MR) is 93.9 cm³/mol. The lowest BCUT2D eigenvalue weighted by Crippen LogP contribution is -2.39. The number of hydrogen-bond donors (Lipinski definition) is 1. The van der Waals surface area contributed by atoms with E-state index in [0.717, 1.165) is 18.7 Å². The summed E-state index contributed by atoms with van der Waals surface area (Å²) in [5.41, 5.74) is 1.33. The molecule has 1 N–H and O–H groups in total. The summed E-state index contributed by atoms with van der Waals surface area (Å²) in [5.74, 6) is -0.836. The third kappa shape index (κ3) is 5.63. The summed E-state index contributed by atoms with van der Waals surface area (Å²) in [5, 5.41) is 9.36. The third-order valence-corrected chi connectivity index (χ3v) is 4.75. The topological polar surface area (TPSA) is 43.8 Å². The molecule has 1 saturated heterocycles. The van der Waals surface area contributed by atoms with Gasteiger partial charge in [0.1, 0.15) is 0 Å². The fraction of sp³-hybridized carbons (Fsp3) is 0.632. The SMILES string of the molecule is CC(C)N(CCN1CCCCCC1)Cc1ccccc1C(=O)O. The molecule has 0 atom stereocenters. The van der Waals surface area contributed by atoms with Crippen molar-refractivity contribution in [2.45, 2.75) is 52.1 Å². The highest BCUT2D eigenvalue weighted by Gasteiger charge is 2.17. The Morgan fingerprint density at radius 1 is 1.17 bits per heavy atom. The van der Waals surface area contributed by atoms with Gasteiger partial charge >= 0.3 is 5.97 Å². The van der Waals surface area contributed by atoms with Crippen LogP contribution in [0.25, 0.3) is 0 Å². The molecule has 0 saturated carbocycles. The lowest BCUT2D eigenvalue weighted by molar-refractivity contribution is 0.0693. The number of rotatable bonds is 7. The minimum absolute atomic E-state index is 0.406. The van der Waals surface area contributed by atoms with Crippen LogP contribution in [0.1, 0.15) is 55.5 Å². The molecule has 1 aliphatic rings. The summed E-state index contributed by atoms with van der Waals surface area (Å²) in [6.45, 7) is 9.56. The summed E-state index contributed by atoms with van der Waals surface area (Å²) in [6.07, 6.45) is 5.33. The van der Waals surface area contributed by atoms with Gasteiger partial charge in [0.2, 0.25) is 0 Å². The Labute approximate surface area is 140 Å². The first-order valence-electron chi connectivity index (χ1n) is 8.85. The number of aromatic carboxylic acids is 1. The van der Waals surface area contributed by atoms with Crippen LogP contribution in [-0.4, -0.2) is 53.1 Å². The predicted octanol–water partition coefficient (Wildman–Crippen LogP) is 3.47. The van der Waals surface area contributed by atoms with Crippen LogP contribution in [0.4, 0.5) is 0 Å². The molecule has 1 heterocycles. The molecule has 0 bridgehead atoms. The number of carboxylic acids is 1. The highest BCUT2D eigenvalue weighted by Crippen LogP contribution is 2.15. The molecular formula is C19H30N2O2. The number of likely N-dealkylation sites (tertiary alicyclic amines) is 1. The number of hydrogen-bond acceptors (Lipinski definition) is 3. The van der Waals surface area contributed by atoms with Crippen LogP contribution in [0.15, 0.2) is 24.3 Å². The van der Waals surface area contributed by atoms with Gasteiger partial charge in [-0.15, -0.1) is 0 Å². The fourth-order valence-electron chi connectivity index (χ4n) is 3.24. The quantitative estimate of drug-likeness (QED) is 0.836. The summed E-state index contributed by atoms with van der Waals surface area (Å²) in [6, 6.07) is 7.76. The zero-order valence-electron chi connectivity index (χ0n) is 14.5. The molecular weight excluding hydrogens is 288 g/mol. The van der Waals surface area contributed by atoms with Crippen LogP contribution in [0.2, 0.25) is 0 Å². The first-order valence-corrected chi connectivity index (χ1v) is 8.85. The smallest absolute Gasteiger partial charge is 0.336 e. The number of carboxylic acid groups (broad SMARTS) is 1. The summed E-state index contributed by atoms with van der Waals surface area (Å²) in [4.78, 5) is 16.3. The van der Waals surface area contributed by atoms with Crippen LogP contribution in [0, 0.1) is 0 Å². The van der Waals surface area contributed by atoms with Crippen LogP contribution in [0.3, 0.4) is 0 Å². The van der Waals surface area contributed by atoms with E-state index in [1.165, 1.54) is 38.8 Å². The lowest BCUT2D eigenvalue weighted by atomic mass is 10.1. The maximum atomic E-state index is 11.4. The summed E-state index contributed by atoms with van der Waals surface area (Å²) < 4.78 is 0. The van der Waals surface area contributed by atoms with Crippen molar-refractivity contribution in [1.82, 2.24) is 9.80 Å². The molecule has 4 nitrogen and oxygen atoms in total. The van der Waals surface area contributed by atoms with Gasteiger partial charge in [0.05, 0.1) is 5.56 Å². The molecule has 0 radical (unpaired) electrons. The standard InChI is InChI=1S/C19H30N2O2/c1-16(2)21(14-13-20-11-7-3-4-8-12-20)15-17-9-5-6-10-18(17)19(22)23/h5-6,9-10,16H,3-4,7-8,11-15H2,1-2H3,(H,22,23). The highest BCUT2D eigenvalue weighted by atomic mass is 16.4. The Hall–Kier alpha value is -1.39. The molecule has 1 aromatic rings. The zero-order chi connectivity index (χ0) is 16.7. The molecule has 0 amide bonds. The molecule has 2 rings (SSSR count). The van der Waals surface area contributed by atoms with E-state index in [1.807, 2.05) is 12.1 Å². The molecule has 4 heteroatoms. The average Bonchev–Trinajstić information content (AvgIpc) is 2.80. The minimum Gasteiger partial charge on any atom is -0.478 e. The Morgan fingerprint density at radius 2 is 1.83 bits per heavy atom. The second-order valence-electron chi connectivity index (χ2n) is 6.78. The van der Waals surface area contributed by atoms with Gasteiger partial charge in [-0.3, -0.25) is 4.90 Å².